The highest BCUT2D eigenvalue weighted by Gasteiger charge is 2.40. The van der Waals surface area contributed by atoms with Crippen LogP contribution < -0.4 is 10.6 Å². The summed E-state index contributed by atoms with van der Waals surface area (Å²) in [6.07, 6.45) is 4.31. The summed E-state index contributed by atoms with van der Waals surface area (Å²) in [4.78, 5) is 12.4. The predicted molar refractivity (Wildman–Crippen MR) is 70.4 cm³/mol. The third kappa shape index (κ3) is 3.93. The second-order valence-electron chi connectivity index (χ2n) is 5.00. The molecule has 0 bridgehead atoms. The normalized spacial score (nSPS) is 25.1. The molecule has 2 atom stereocenters. The molecule has 1 heterocycles. The SMILES string of the molecule is CCCC1(C(=O)NC(CCO)COC)CCCN1. The zero-order valence-electron chi connectivity index (χ0n) is 11.5. The van der Waals surface area contributed by atoms with Gasteiger partial charge < -0.3 is 20.5 Å². The molecule has 0 saturated carbocycles. The van der Waals surface area contributed by atoms with Crippen LogP contribution in [0.1, 0.15) is 39.0 Å². The zero-order chi connectivity index (χ0) is 13.4. The zero-order valence-corrected chi connectivity index (χ0v) is 11.5. The maximum absolute atomic E-state index is 12.4. The van der Waals surface area contributed by atoms with Gasteiger partial charge in [-0.3, -0.25) is 4.79 Å². The Kier molecular flexibility index (Phi) is 6.60. The van der Waals surface area contributed by atoms with Crippen molar-refractivity contribution >= 4 is 5.91 Å². The smallest absolute Gasteiger partial charge is 0.240 e. The molecule has 0 aromatic heterocycles. The van der Waals surface area contributed by atoms with Crippen molar-refractivity contribution in [1.29, 1.82) is 0 Å². The standard InChI is InChI=1S/C13H26N2O3/c1-3-6-13(7-4-8-14-13)12(17)15-11(5-9-16)10-18-2/h11,14,16H,3-10H2,1-2H3,(H,15,17). The van der Waals surface area contributed by atoms with E-state index < -0.39 is 5.54 Å². The summed E-state index contributed by atoms with van der Waals surface area (Å²) >= 11 is 0. The van der Waals surface area contributed by atoms with Crippen LogP contribution in [-0.2, 0) is 9.53 Å². The molecule has 0 aromatic carbocycles. The molecule has 5 heteroatoms. The minimum atomic E-state index is -0.407. The lowest BCUT2D eigenvalue weighted by Gasteiger charge is -2.30. The first kappa shape index (κ1) is 15.4. The molecule has 1 aliphatic heterocycles. The molecule has 18 heavy (non-hydrogen) atoms. The molecule has 0 radical (unpaired) electrons. The van der Waals surface area contributed by atoms with Gasteiger partial charge in [-0.2, -0.15) is 0 Å². The Morgan fingerprint density at radius 1 is 1.61 bits per heavy atom. The lowest BCUT2D eigenvalue weighted by atomic mass is 9.90. The van der Waals surface area contributed by atoms with Crippen molar-refractivity contribution in [2.24, 2.45) is 0 Å². The molecule has 1 aliphatic rings. The van der Waals surface area contributed by atoms with Gasteiger partial charge in [0, 0.05) is 13.7 Å². The van der Waals surface area contributed by atoms with Crippen LogP contribution in [0.4, 0.5) is 0 Å². The fourth-order valence-electron chi connectivity index (χ4n) is 2.63. The van der Waals surface area contributed by atoms with E-state index in [1.54, 1.807) is 7.11 Å². The van der Waals surface area contributed by atoms with Crippen LogP contribution in [-0.4, -0.2) is 49.5 Å². The predicted octanol–water partition coefficient (Wildman–Crippen LogP) is 0.422. The van der Waals surface area contributed by atoms with E-state index in [1.165, 1.54) is 0 Å². The molecular weight excluding hydrogens is 232 g/mol. The van der Waals surface area contributed by atoms with Crippen molar-refractivity contribution in [1.82, 2.24) is 10.6 Å². The summed E-state index contributed by atoms with van der Waals surface area (Å²) in [6, 6.07) is -0.108. The molecule has 2 unspecified atom stereocenters. The van der Waals surface area contributed by atoms with E-state index in [4.69, 9.17) is 9.84 Å². The molecule has 0 spiro atoms. The van der Waals surface area contributed by atoms with Gasteiger partial charge in [0.25, 0.3) is 0 Å². The number of nitrogens with one attached hydrogen (secondary N) is 2. The van der Waals surface area contributed by atoms with Crippen LogP contribution >= 0.6 is 0 Å². The Hall–Kier alpha value is -0.650. The van der Waals surface area contributed by atoms with Crippen LogP contribution in [0.3, 0.4) is 0 Å². The van der Waals surface area contributed by atoms with E-state index in [1.807, 2.05) is 0 Å². The van der Waals surface area contributed by atoms with Gasteiger partial charge in [0.05, 0.1) is 18.2 Å². The molecule has 1 fully saturated rings. The third-order valence-corrected chi connectivity index (χ3v) is 3.54. The fourth-order valence-corrected chi connectivity index (χ4v) is 2.63. The van der Waals surface area contributed by atoms with Crippen molar-refractivity contribution in [2.75, 3.05) is 26.9 Å². The Labute approximate surface area is 109 Å². The van der Waals surface area contributed by atoms with Crippen LogP contribution in [0.15, 0.2) is 0 Å². The maximum Gasteiger partial charge on any atom is 0.240 e. The Balaban J connectivity index is 2.59. The molecule has 106 valence electrons. The second kappa shape index (κ2) is 7.71. The highest BCUT2D eigenvalue weighted by molar-refractivity contribution is 5.87. The lowest BCUT2D eigenvalue weighted by Crippen LogP contribution is -2.56. The third-order valence-electron chi connectivity index (χ3n) is 3.54. The molecular formula is C13H26N2O3. The van der Waals surface area contributed by atoms with Gasteiger partial charge in [-0.25, -0.2) is 0 Å². The van der Waals surface area contributed by atoms with Gasteiger partial charge in [-0.1, -0.05) is 13.3 Å². The van der Waals surface area contributed by atoms with E-state index in [0.717, 1.165) is 32.2 Å². The van der Waals surface area contributed by atoms with Crippen molar-refractivity contribution in [3.05, 3.63) is 0 Å². The van der Waals surface area contributed by atoms with Gasteiger partial charge >= 0.3 is 0 Å². The summed E-state index contributed by atoms with van der Waals surface area (Å²) in [7, 11) is 1.60. The van der Waals surface area contributed by atoms with E-state index in [2.05, 4.69) is 17.6 Å². The quantitative estimate of drug-likeness (QED) is 0.590. The number of hydrogen-bond donors (Lipinski definition) is 3. The summed E-state index contributed by atoms with van der Waals surface area (Å²) in [5.74, 6) is 0.0531. The summed E-state index contributed by atoms with van der Waals surface area (Å²) in [5, 5.41) is 15.3. The van der Waals surface area contributed by atoms with Crippen LogP contribution in [0.25, 0.3) is 0 Å². The summed E-state index contributed by atoms with van der Waals surface area (Å²) in [5.41, 5.74) is -0.407. The molecule has 5 nitrogen and oxygen atoms in total. The number of methoxy groups -OCH3 is 1. The highest BCUT2D eigenvalue weighted by Crippen LogP contribution is 2.25. The molecule has 1 saturated heterocycles. The fraction of sp³-hybridized carbons (Fsp3) is 0.923. The number of aliphatic hydroxyl groups excluding tert-OH is 1. The number of carbonyl (C=O) groups is 1. The van der Waals surface area contributed by atoms with Gasteiger partial charge in [0.2, 0.25) is 5.91 Å². The Morgan fingerprint density at radius 2 is 2.39 bits per heavy atom. The van der Waals surface area contributed by atoms with E-state index in [0.29, 0.717) is 13.0 Å². The molecule has 1 amide bonds. The van der Waals surface area contributed by atoms with Crippen molar-refractivity contribution < 1.29 is 14.6 Å². The van der Waals surface area contributed by atoms with Gasteiger partial charge in [0.1, 0.15) is 0 Å². The van der Waals surface area contributed by atoms with E-state index in [9.17, 15) is 4.79 Å². The first-order valence-corrected chi connectivity index (χ1v) is 6.84. The molecule has 0 aromatic rings. The number of ether oxygens (including phenoxy) is 1. The summed E-state index contributed by atoms with van der Waals surface area (Å²) < 4.78 is 5.07. The van der Waals surface area contributed by atoms with Crippen LogP contribution in [0.2, 0.25) is 0 Å². The largest absolute Gasteiger partial charge is 0.396 e. The molecule has 3 N–H and O–H groups in total. The lowest BCUT2D eigenvalue weighted by molar-refractivity contribution is -0.128. The van der Waals surface area contributed by atoms with E-state index in [-0.39, 0.29) is 18.6 Å². The number of aliphatic hydroxyl groups is 1. The number of amides is 1. The topological polar surface area (TPSA) is 70.6 Å². The number of hydrogen-bond acceptors (Lipinski definition) is 4. The average molecular weight is 258 g/mol. The highest BCUT2D eigenvalue weighted by atomic mass is 16.5. The second-order valence-corrected chi connectivity index (χ2v) is 5.00. The van der Waals surface area contributed by atoms with Crippen LogP contribution in [0, 0.1) is 0 Å². The molecule has 1 rings (SSSR count). The van der Waals surface area contributed by atoms with Gasteiger partial charge in [-0.15, -0.1) is 0 Å². The monoisotopic (exact) mass is 258 g/mol. The van der Waals surface area contributed by atoms with Gasteiger partial charge in [-0.05, 0) is 32.2 Å². The van der Waals surface area contributed by atoms with Gasteiger partial charge in [0.15, 0.2) is 0 Å². The maximum atomic E-state index is 12.4. The first-order valence-electron chi connectivity index (χ1n) is 6.84. The minimum absolute atomic E-state index is 0.0531. The van der Waals surface area contributed by atoms with Crippen molar-refractivity contribution in [2.45, 2.75) is 50.6 Å². The average Bonchev–Trinajstić information content (AvgIpc) is 2.80. The summed E-state index contributed by atoms with van der Waals surface area (Å²) in [6.45, 7) is 3.49. The first-order chi connectivity index (χ1) is 8.68. The van der Waals surface area contributed by atoms with Crippen LogP contribution in [0.5, 0.6) is 0 Å². The van der Waals surface area contributed by atoms with E-state index >= 15 is 0 Å². The number of carbonyl (C=O) groups excluding carboxylic acids is 1. The van der Waals surface area contributed by atoms with Crippen molar-refractivity contribution in [3.63, 3.8) is 0 Å². The Morgan fingerprint density at radius 3 is 2.89 bits per heavy atom. The molecule has 0 aliphatic carbocycles. The number of rotatable bonds is 8. The minimum Gasteiger partial charge on any atom is -0.396 e. The van der Waals surface area contributed by atoms with Crippen molar-refractivity contribution in [3.8, 4) is 0 Å². The Bertz CT molecular complexity index is 247.